The number of ether oxygens (including phenoxy) is 1. The van der Waals surface area contributed by atoms with Gasteiger partial charge in [-0.25, -0.2) is 0 Å². The minimum atomic E-state index is -0.362. The molecule has 1 amide bonds. The van der Waals surface area contributed by atoms with Crippen LogP contribution in [0.25, 0.3) is 0 Å². The number of rotatable bonds is 6. The van der Waals surface area contributed by atoms with Gasteiger partial charge in [0.15, 0.2) is 0 Å². The maximum atomic E-state index is 12.1. The van der Waals surface area contributed by atoms with Gasteiger partial charge in [0.2, 0.25) is 5.91 Å². The second-order valence-electron chi connectivity index (χ2n) is 5.99. The van der Waals surface area contributed by atoms with E-state index in [4.69, 9.17) is 16.3 Å². The van der Waals surface area contributed by atoms with Crippen LogP contribution in [0.1, 0.15) is 32.6 Å². The fraction of sp³-hybridized carbons (Fsp3) is 0.588. The molecule has 2 unspecified atom stereocenters. The van der Waals surface area contributed by atoms with Crippen LogP contribution < -0.4 is 10.1 Å². The van der Waals surface area contributed by atoms with Gasteiger partial charge in [-0.3, -0.25) is 9.69 Å². The molecule has 1 saturated heterocycles. The Hall–Kier alpha value is -1.30. The zero-order valence-electron chi connectivity index (χ0n) is 13.7. The van der Waals surface area contributed by atoms with Crippen LogP contribution in [0.4, 0.5) is 5.69 Å². The Bertz CT molecular complexity index is 537. The Morgan fingerprint density at radius 2 is 2.30 bits per heavy atom. The first-order chi connectivity index (χ1) is 11.0. The average Bonchev–Trinajstić information content (AvgIpc) is 2.53. The first-order valence-corrected chi connectivity index (χ1v) is 8.44. The Balaban J connectivity index is 1.86. The highest BCUT2D eigenvalue weighted by molar-refractivity contribution is 6.32. The Labute approximate surface area is 142 Å². The molecule has 0 bridgehead atoms. The van der Waals surface area contributed by atoms with Crippen molar-refractivity contribution in [3.05, 3.63) is 23.2 Å². The summed E-state index contributed by atoms with van der Waals surface area (Å²) in [5.41, 5.74) is 0.659. The maximum Gasteiger partial charge on any atom is 0.225 e. The predicted molar refractivity (Wildman–Crippen MR) is 92.1 cm³/mol. The lowest BCUT2D eigenvalue weighted by Crippen LogP contribution is -2.46. The van der Waals surface area contributed by atoms with Gasteiger partial charge in [0, 0.05) is 24.7 Å². The molecule has 1 aliphatic heterocycles. The summed E-state index contributed by atoms with van der Waals surface area (Å²) in [6.45, 7) is 3.42. The molecular weight excluding hydrogens is 316 g/mol. The van der Waals surface area contributed by atoms with Gasteiger partial charge >= 0.3 is 0 Å². The second kappa shape index (κ2) is 8.52. The summed E-state index contributed by atoms with van der Waals surface area (Å²) in [5.74, 6) is 0.527. The van der Waals surface area contributed by atoms with E-state index in [0.29, 0.717) is 29.4 Å². The van der Waals surface area contributed by atoms with Crippen molar-refractivity contribution >= 4 is 23.2 Å². The van der Waals surface area contributed by atoms with E-state index >= 15 is 0 Å². The van der Waals surface area contributed by atoms with Crippen molar-refractivity contribution in [3.8, 4) is 5.75 Å². The molecule has 0 radical (unpaired) electrons. The van der Waals surface area contributed by atoms with Crippen molar-refractivity contribution in [3.63, 3.8) is 0 Å². The molecule has 1 heterocycles. The van der Waals surface area contributed by atoms with Crippen molar-refractivity contribution < 1.29 is 14.6 Å². The molecule has 0 saturated carbocycles. The van der Waals surface area contributed by atoms with Crippen LogP contribution in [0, 0.1) is 0 Å². The number of likely N-dealkylation sites (tertiary alicyclic amines) is 1. The molecule has 0 aromatic heterocycles. The molecule has 23 heavy (non-hydrogen) atoms. The number of hydrogen-bond donors (Lipinski definition) is 2. The first-order valence-electron chi connectivity index (χ1n) is 8.06. The summed E-state index contributed by atoms with van der Waals surface area (Å²) in [6, 6.07) is 5.33. The standard InChI is InChI=1S/C17H25ClN2O3/c1-12(21)15-5-3-4-9-20(15)10-8-17(22)19-13-6-7-16(23-2)14(18)11-13/h6-7,11-12,15,21H,3-5,8-10H2,1-2H3,(H,19,22). The Morgan fingerprint density at radius 1 is 1.52 bits per heavy atom. The molecule has 2 rings (SSSR count). The Morgan fingerprint density at radius 3 is 2.96 bits per heavy atom. The lowest BCUT2D eigenvalue weighted by Gasteiger charge is -2.37. The van der Waals surface area contributed by atoms with E-state index in [9.17, 15) is 9.90 Å². The molecule has 2 atom stereocenters. The molecule has 0 spiro atoms. The van der Waals surface area contributed by atoms with Crippen LogP contribution in [0.2, 0.25) is 5.02 Å². The lowest BCUT2D eigenvalue weighted by atomic mass is 9.98. The number of aliphatic hydroxyl groups is 1. The van der Waals surface area contributed by atoms with Gasteiger partial charge in [-0.05, 0) is 44.5 Å². The molecule has 0 aliphatic carbocycles. The third-order valence-electron chi connectivity index (χ3n) is 4.28. The summed E-state index contributed by atoms with van der Waals surface area (Å²) in [4.78, 5) is 14.3. The van der Waals surface area contributed by atoms with Gasteiger partial charge in [-0.15, -0.1) is 0 Å². The number of hydrogen-bond acceptors (Lipinski definition) is 4. The molecular formula is C17H25ClN2O3. The van der Waals surface area contributed by atoms with E-state index in [-0.39, 0.29) is 18.1 Å². The number of nitrogens with one attached hydrogen (secondary N) is 1. The van der Waals surface area contributed by atoms with E-state index in [1.54, 1.807) is 25.3 Å². The summed E-state index contributed by atoms with van der Waals surface area (Å²) in [6.07, 6.45) is 3.29. The molecule has 1 aromatic rings. The maximum absolute atomic E-state index is 12.1. The third kappa shape index (κ3) is 5.09. The van der Waals surface area contributed by atoms with Crippen LogP contribution in [0.3, 0.4) is 0 Å². The van der Waals surface area contributed by atoms with Gasteiger partial charge < -0.3 is 15.2 Å². The largest absolute Gasteiger partial charge is 0.495 e. The number of halogens is 1. The number of amides is 1. The molecule has 1 aliphatic rings. The van der Waals surface area contributed by atoms with Crippen LogP contribution in [0.5, 0.6) is 5.75 Å². The summed E-state index contributed by atoms with van der Waals surface area (Å²) in [5, 5.41) is 13.2. The van der Waals surface area contributed by atoms with Crippen LogP contribution in [-0.2, 0) is 4.79 Å². The van der Waals surface area contributed by atoms with E-state index in [1.807, 2.05) is 6.92 Å². The average molecular weight is 341 g/mol. The van der Waals surface area contributed by atoms with Gasteiger partial charge in [-0.1, -0.05) is 18.0 Å². The number of nitrogens with zero attached hydrogens (tertiary/aromatic N) is 1. The van der Waals surface area contributed by atoms with Crippen LogP contribution >= 0.6 is 11.6 Å². The summed E-state index contributed by atoms with van der Waals surface area (Å²) < 4.78 is 5.09. The zero-order chi connectivity index (χ0) is 16.8. The van der Waals surface area contributed by atoms with Gasteiger partial charge in [-0.2, -0.15) is 0 Å². The number of aliphatic hydroxyl groups excluding tert-OH is 1. The SMILES string of the molecule is COc1ccc(NC(=O)CCN2CCCCC2C(C)O)cc1Cl. The Kier molecular flexibility index (Phi) is 6.69. The van der Waals surface area contributed by atoms with Crippen molar-refractivity contribution in [1.82, 2.24) is 4.90 Å². The highest BCUT2D eigenvalue weighted by Crippen LogP contribution is 2.27. The number of benzene rings is 1. The molecule has 5 nitrogen and oxygen atoms in total. The molecule has 2 N–H and O–H groups in total. The zero-order valence-corrected chi connectivity index (χ0v) is 14.5. The summed E-state index contributed by atoms with van der Waals surface area (Å²) in [7, 11) is 1.55. The van der Waals surface area contributed by atoms with Crippen molar-refractivity contribution in [2.75, 3.05) is 25.5 Å². The fourth-order valence-electron chi connectivity index (χ4n) is 3.05. The molecule has 1 aromatic carbocycles. The molecule has 128 valence electrons. The fourth-order valence-corrected chi connectivity index (χ4v) is 3.31. The van der Waals surface area contributed by atoms with Crippen LogP contribution in [0.15, 0.2) is 18.2 Å². The number of anilines is 1. The second-order valence-corrected chi connectivity index (χ2v) is 6.39. The predicted octanol–water partition coefficient (Wildman–Crippen LogP) is 2.91. The minimum absolute atomic E-state index is 0.0545. The highest BCUT2D eigenvalue weighted by atomic mass is 35.5. The highest BCUT2D eigenvalue weighted by Gasteiger charge is 2.26. The minimum Gasteiger partial charge on any atom is -0.495 e. The normalized spacial score (nSPS) is 20.1. The van der Waals surface area contributed by atoms with Gasteiger partial charge in [0.25, 0.3) is 0 Å². The lowest BCUT2D eigenvalue weighted by molar-refractivity contribution is -0.116. The van der Waals surface area contributed by atoms with E-state index in [0.717, 1.165) is 25.8 Å². The number of piperidine rings is 1. The monoisotopic (exact) mass is 340 g/mol. The molecule has 1 fully saturated rings. The number of carbonyl (C=O) groups excluding carboxylic acids is 1. The quantitative estimate of drug-likeness (QED) is 0.836. The van der Waals surface area contributed by atoms with E-state index < -0.39 is 0 Å². The van der Waals surface area contributed by atoms with Crippen molar-refractivity contribution in [1.29, 1.82) is 0 Å². The smallest absolute Gasteiger partial charge is 0.225 e. The first kappa shape index (κ1) is 18.0. The number of methoxy groups -OCH3 is 1. The van der Waals surface area contributed by atoms with Crippen LogP contribution in [-0.4, -0.2) is 48.3 Å². The molecule has 6 heteroatoms. The van der Waals surface area contributed by atoms with Gasteiger partial charge in [0.1, 0.15) is 5.75 Å². The third-order valence-corrected chi connectivity index (χ3v) is 4.58. The van der Waals surface area contributed by atoms with E-state index in [1.165, 1.54) is 0 Å². The van der Waals surface area contributed by atoms with Gasteiger partial charge in [0.05, 0.1) is 18.2 Å². The van der Waals surface area contributed by atoms with Crippen molar-refractivity contribution in [2.45, 2.75) is 44.8 Å². The van der Waals surface area contributed by atoms with E-state index in [2.05, 4.69) is 10.2 Å². The van der Waals surface area contributed by atoms with Crippen molar-refractivity contribution in [2.24, 2.45) is 0 Å². The topological polar surface area (TPSA) is 61.8 Å². The number of carbonyl (C=O) groups is 1. The summed E-state index contributed by atoms with van der Waals surface area (Å²) >= 11 is 6.05.